The third-order valence-corrected chi connectivity index (χ3v) is 3.06. The number of aromatic nitrogens is 3. The highest BCUT2D eigenvalue weighted by Crippen LogP contribution is 2.23. The van der Waals surface area contributed by atoms with Gasteiger partial charge in [-0.1, -0.05) is 25.4 Å². The van der Waals surface area contributed by atoms with Crippen LogP contribution in [-0.4, -0.2) is 27.9 Å². The summed E-state index contributed by atoms with van der Waals surface area (Å²) in [7, 11) is 1.64. The smallest absolute Gasteiger partial charge is 0.164 e. The van der Waals surface area contributed by atoms with Crippen LogP contribution in [0.5, 0.6) is 5.75 Å². The van der Waals surface area contributed by atoms with E-state index in [1.165, 1.54) is 0 Å². The molecule has 1 heterocycles. The molecule has 0 radical (unpaired) electrons. The average molecular weight is 295 g/mol. The molecule has 0 saturated heterocycles. The van der Waals surface area contributed by atoms with Crippen LogP contribution in [0.2, 0.25) is 5.02 Å². The molecule has 0 saturated carbocycles. The SMILES string of the molecule is COc1ccc(Cl)cc1Cn1cnc(CNC(C)C)n1. The number of hydrogen-bond donors (Lipinski definition) is 1. The molecule has 0 aliphatic heterocycles. The lowest BCUT2D eigenvalue weighted by atomic mass is 10.2. The van der Waals surface area contributed by atoms with Crippen LogP contribution in [-0.2, 0) is 13.1 Å². The van der Waals surface area contributed by atoms with Gasteiger partial charge in [-0.3, -0.25) is 0 Å². The minimum absolute atomic E-state index is 0.412. The van der Waals surface area contributed by atoms with E-state index in [4.69, 9.17) is 16.3 Å². The zero-order chi connectivity index (χ0) is 14.5. The number of benzene rings is 1. The van der Waals surface area contributed by atoms with Crippen LogP contribution in [0.15, 0.2) is 24.5 Å². The van der Waals surface area contributed by atoms with Gasteiger partial charge in [-0.15, -0.1) is 0 Å². The number of rotatable bonds is 6. The van der Waals surface area contributed by atoms with E-state index in [1.54, 1.807) is 18.1 Å². The van der Waals surface area contributed by atoms with Gasteiger partial charge >= 0.3 is 0 Å². The second kappa shape index (κ2) is 6.72. The van der Waals surface area contributed by atoms with Crippen molar-refractivity contribution in [1.29, 1.82) is 0 Å². The van der Waals surface area contributed by atoms with E-state index < -0.39 is 0 Å². The molecule has 0 spiro atoms. The summed E-state index contributed by atoms with van der Waals surface area (Å²) in [5.41, 5.74) is 0.980. The number of halogens is 1. The Morgan fingerprint density at radius 1 is 1.40 bits per heavy atom. The lowest BCUT2D eigenvalue weighted by Crippen LogP contribution is -2.22. The first kappa shape index (κ1) is 14.8. The molecular formula is C14H19ClN4O. The Bertz CT molecular complexity index is 568. The van der Waals surface area contributed by atoms with Gasteiger partial charge in [0.1, 0.15) is 12.1 Å². The number of ether oxygens (including phenoxy) is 1. The zero-order valence-electron chi connectivity index (χ0n) is 11.9. The van der Waals surface area contributed by atoms with E-state index in [9.17, 15) is 0 Å². The van der Waals surface area contributed by atoms with Gasteiger partial charge in [0.05, 0.1) is 20.2 Å². The van der Waals surface area contributed by atoms with Crippen LogP contribution in [0.1, 0.15) is 25.2 Å². The highest BCUT2D eigenvalue weighted by Gasteiger charge is 2.07. The van der Waals surface area contributed by atoms with E-state index >= 15 is 0 Å². The molecule has 1 aromatic heterocycles. The van der Waals surface area contributed by atoms with Crippen LogP contribution in [0.3, 0.4) is 0 Å². The fraction of sp³-hybridized carbons (Fsp3) is 0.429. The molecule has 1 N–H and O–H groups in total. The topological polar surface area (TPSA) is 52.0 Å². The molecule has 0 aliphatic rings. The number of nitrogens with zero attached hydrogens (tertiary/aromatic N) is 3. The maximum atomic E-state index is 6.02. The van der Waals surface area contributed by atoms with Gasteiger partial charge in [-0.2, -0.15) is 5.10 Å². The highest BCUT2D eigenvalue weighted by molar-refractivity contribution is 6.30. The van der Waals surface area contributed by atoms with Gasteiger partial charge in [0.2, 0.25) is 0 Å². The zero-order valence-corrected chi connectivity index (χ0v) is 12.7. The normalized spacial score (nSPS) is 11.1. The molecule has 5 nitrogen and oxygen atoms in total. The van der Waals surface area contributed by atoms with Gasteiger partial charge in [-0.05, 0) is 18.2 Å². The molecule has 0 bridgehead atoms. The van der Waals surface area contributed by atoms with E-state index in [0.29, 0.717) is 24.2 Å². The fourth-order valence-electron chi connectivity index (χ4n) is 1.83. The van der Waals surface area contributed by atoms with Crippen LogP contribution in [0.4, 0.5) is 0 Å². The first-order chi connectivity index (χ1) is 9.58. The molecule has 1 aromatic carbocycles. The quantitative estimate of drug-likeness (QED) is 0.889. The predicted octanol–water partition coefficient (Wildman–Crippen LogP) is 2.49. The second-order valence-electron chi connectivity index (χ2n) is 4.85. The van der Waals surface area contributed by atoms with Crippen LogP contribution in [0.25, 0.3) is 0 Å². The third-order valence-electron chi connectivity index (χ3n) is 2.83. The van der Waals surface area contributed by atoms with Crippen molar-refractivity contribution in [3.63, 3.8) is 0 Å². The maximum absolute atomic E-state index is 6.02. The van der Waals surface area contributed by atoms with Crippen molar-refractivity contribution in [3.05, 3.63) is 40.9 Å². The monoisotopic (exact) mass is 294 g/mol. The Morgan fingerprint density at radius 3 is 2.90 bits per heavy atom. The van der Waals surface area contributed by atoms with Crippen molar-refractivity contribution in [1.82, 2.24) is 20.1 Å². The molecule has 108 valence electrons. The minimum atomic E-state index is 0.412. The standard InChI is InChI=1S/C14H19ClN4O/c1-10(2)16-7-14-17-9-19(18-14)8-11-6-12(15)4-5-13(11)20-3/h4-6,9-10,16H,7-8H2,1-3H3. The van der Waals surface area contributed by atoms with Crippen molar-refractivity contribution in [3.8, 4) is 5.75 Å². The molecule has 0 fully saturated rings. The second-order valence-corrected chi connectivity index (χ2v) is 5.29. The Labute approximate surface area is 123 Å². The van der Waals surface area contributed by atoms with Gasteiger partial charge in [0.25, 0.3) is 0 Å². The van der Waals surface area contributed by atoms with E-state index in [0.717, 1.165) is 17.1 Å². The number of methoxy groups -OCH3 is 1. The van der Waals surface area contributed by atoms with Gasteiger partial charge in [0, 0.05) is 16.6 Å². The molecule has 0 amide bonds. The van der Waals surface area contributed by atoms with Crippen molar-refractivity contribution in [2.75, 3.05) is 7.11 Å². The van der Waals surface area contributed by atoms with Crippen molar-refractivity contribution < 1.29 is 4.74 Å². The number of nitrogens with one attached hydrogen (secondary N) is 1. The van der Waals surface area contributed by atoms with E-state index in [-0.39, 0.29) is 0 Å². The van der Waals surface area contributed by atoms with Crippen molar-refractivity contribution in [2.45, 2.75) is 33.0 Å². The molecule has 0 aliphatic carbocycles. The predicted molar refractivity (Wildman–Crippen MR) is 79.1 cm³/mol. The summed E-state index contributed by atoms with van der Waals surface area (Å²) in [5, 5.41) is 8.40. The molecule has 20 heavy (non-hydrogen) atoms. The molecule has 6 heteroatoms. The molecule has 0 atom stereocenters. The minimum Gasteiger partial charge on any atom is -0.496 e. The first-order valence-corrected chi connectivity index (χ1v) is 6.90. The fourth-order valence-corrected chi connectivity index (χ4v) is 2.03. The lowest BCUT2D eigenvalue weighted by Gasteiger charge is -2.08. The summed E-state index contributed by atoms with van der Waals surface area (Å²) < 4.78 is 7.11. The number of hydrogen-bond acceptors (Lipinski definition) is 4. The van der Waals surface area contributed by atoms with E-state index in [2.05, 4.69) is 29.2 Å². The summed E-state index contributed by atoms with van der Waals surface area (Å²) in [6.45, 7) is 5.43. The third kappa shape index (κ3) is 3.95. The average Bonchev–Trinajstić information content (AvgIpc) is 2.84. The lowest BCUT2D eigenvalue weighted by molar-refractivity contribution is 0.407. The van der Waals surface area contributed by atoms with Crippen LogP contribution >= 0.6 is 11.6 Å². The van der Waals surface area contributed by atoms with Crippen LogP contribution < -0.4 is 10.1 Å². The summed E-state index contributed by atoms with van der Waals surface area (Å²) in [6.07, 6.45) is 1.72. The summed E-state index contributed by atoms with van der Waals surface area (Å²) in [5.74, 6) is 1.58. The highest BCUT2D eigenvalue weighted by atomic mass is 35.5. The van der Waals surface area contributed by atoms with E-state index in [1.807, 2.05) is 18.2 Å². The first-order valence-electron chi connectivity index (χ1n) is 6.52. The Hall–Kier alpha value is -1.59. The molecule has 2 aromatic rings. The largest absolute Gasteiger partial charge is 0.496 e. The summed E-state index contributed by atoms with van der Waals surface area (Å²) in [6, 6.07) is 5.96. The van der Waals surface area contributed by atoms with Gasteiger partial charge < -0.3 is 10.1 Å². The Morgan fingerprint density at radius 2 is 2.20 bits per heavy atom. The van der Waals surface area contributed by atoms with Crippen molar-refractivity contribution in [2.24, 2.45) is 0 Å². The molecular weight excluding hydrogens is 276 g/mol. The van der Waals surface area contributed by atoms with Gasteiger partial charge in [-0.25, -0.2) is 9.67 Å². The van der Waals surface area contributed by atoms with Gasteiger partial charge in [0.15, 0.2) is 5.82 Å². The molecule has 2 rings (SSSR count). The van der Waals surface area contributed by atoms with Crippen molar-refractivity contribution >= 4 is 11.6 Å². The molecule has 0 unspecified atom stereocenters. The van der Waals surface area contributed by atoms with Crippen LogP contribution in [0, 0.1) is 0 Å². The Balaban J connectivity index is 2.08. The summed E-state index contributed by atoms with van der Waals surface area (Å²) >= 11 is 6.02. The summed E-state index contributed by atoms with van der Waals surface area (Å²) in [4.78, 5) is 4.28. The Kier molecular flexibility index (Phi) is 4.98. The maximum Gasteiger partial charge on any atom is 0.164 e.